The van der Waals surface area contributed by atoms with Gasteiger partial charge < -0.3 is 14.9 Å². The van der Waals surface area contributed by atoms with Gasteiger partial charge in [0.2, 0.25) is 11.8 Å². The second-order valence-corrected chi connectivity index (χ2v) is 5.33. The lowest BCUT2D eigenvalue weighted by Gasteiger charge is -2.19. The molecule has 2 fully saturated rings. The smallest absolute Gasteiger partial charge is 0.223 e. The van der Waals surface area contributed by atoms with Crippen molar-refractivity contribution >= 4 is 11.8 Å². The van der Waals surface area contributed by atoms with Gasteiger partial charge in [0, 0.05) is 39.0 Å². The van der Waals surface area contributed by atoms with Crippen LogP contribution in [0.25, 0.3) is 0 Å². The molecule has 18 heavy (non-hydrogen) atoms. The fourth-order valence-electron chi connectivity index (χ4n) is 2.79. The SMILES string of the molecule is CCC(=O)N1CCC(CC(=O)N2CCC(O)C2)C1. The Labute approximate surface area is 108 Å². The minimum absolute atomic E-state index is 0.127. The highest BCUT2D eigenvalue weighted by atomic mass is 16.3. The Balaban J connectivity index is 1.77. The van der Waals surface area contributed by atoms with E-state index < -0.39 is 0 Å². The minimum atomic E-state index is -0.351. The van der Waals surface area contributed by atoms with Crippen LogP contribution in [-0.2, 0) is 9.59 Å². The van der Waals surface area contributed by atoms with Gasteiger partial charge in [-0.15, -0.1) is 0 Å². The van der Waals surface area contributed by atoms with Gasteiger partial charge in [0.1, 0.15) is 0 Å². The number of β-amino-alcohol motifs (C(OH)–C–C–N with tert-alkyl or cyclic N) is 1. The fraction of sp³-hybridized carbons (Fsp3) is 0.846. The van der Waals surface area contributed by atoms with Crippen LogP contribution in [0.3, 0.4) is 0 Å². The molecule has 102 valence electrons. The maximum atomic E-state index is 12.0. The van der Waals surface area contributed by atoms with E-state index in [1.165, 1.54) is 0 Å². The first-order valence-corrected chi connectivity index (χ1v) is 6.83. The fourth-order valence-corrected chi connectivity index (χ4v) is 2.79. The summed E-state index contributed by atoms with van der Waals surface area (Å²) < 4.78 is 0. The second kappa shape index (κ2) is 5.69. The number of amides is 2. The maximum absolute atomic E-state index is 12.0. The number of aliphatic hydroxyl groups is 1. The van der Waals surface area contributed by atoms with Gasteiger partial charge in [-0.05, 0) is 18.8 Å². The third kappa shape index (κ3) is 3.02. The lowest BCUT2D eigenvalue weighted by atomic mass is 10.0. The first-order valence-electron chi connectivity index (χ1n) is 6.83. The van der Waals surface area contributed by atoms with Crippen LogP contribution < -0.4 is 0 Å². The van der Waals surface area contributed by atoms with E-state index >= 15 is 0 Å². The molecule has 2 aliphatic heterocycles. The van der Waals surface area contributed by atoms with Gasteiger partial charge in [0.15, 0.2) is 0 Å². The average Bonchev–Trinajstić information content (AvgIpc) is 2.97. The molecule has 0 spiro atoms. The highest BCUT2D eigenvalue weighted by Gasteiger charge is 2.30. The quantitative estimate of drug-likeness (QED) is 0.784. The number of aliphatic hydroxyl groups excluding tert-OH is 1. The number of carbonyl (C=O) groups excluding carboxylic acids is 2. The normalized spacial score (nSPS) is 27.9. The Bertz CT molecular complexity index is 332. The zero-order valence-corrected chi connectivity index (χ0v) is 11.0. The van der Waals surface area contributed by atoms with Gasteiger partial charge in [-0.3, -0.25) is 9.59 Å². The van der Waals surface area contributed by atoms with Gasteiger partial charge in [0.25, 0.3) is 0 Å². The number of nitrogens with zero attached hydrogens (tertiary/aromatic N) is 2. The first-order chi connectivity index (χ1) is 8.60. The zero-order valence-electron chi connectivity index (χ0n) is 11.0. The van der Waals surface area contributed by atoms with Gasteiger partial charge in [-0.25, -0.2) is 0 Å². The molecule has 2 unspecified atom stereocenters. The summed E-state index contributed by atoms with van der Waals surface area (Å²) in [6, 6.07) is 0. The van der Waals surface area contributed by atoms with E-state index in [9.17, 15) is 14.7 Å². The third-order valence-electron chi connectivity index (χ3n) is 3.92. The van der Waals surface area contributed by atoms with Crippen molar-refractivity contribution in [2.24, 2.45) is 5.92 Å². The van der Waals surface area contributed by atoms with Crippen LogP contribution in [0.5, 0.6) is 0 Å². The molecule has 5 heteroatoms. The Hall–Kier alpha value is -1.10. The van der Waals surface area contributed by atoms with Crippen molar-refractivity contribution in [2.45, 2.75) is 38.7 Å². The molecule has 0 bridgehead atoms. The molecule has 0 aliphatic carbocycles. The minimum Gasteiger partial charge on any atom is -0.391 e. The molecule has 0 aromatic rings. The highest BCUT2D eigenvalue weighted by Crippen LogP contribution is 2.22. The zero-order chi connectivity index (χ0) is 13.1. The number of likely N-dealkylation sites (tertiary alicyclic amines) is 2. The van der Waals surface area contributed by atoms with E-state index in [1.54, 1.807) is 4.90 Å². The topological polar surface area (TPSA) is 60.9 Å². The van der Waals surface area contributed by atoms with Crippen molar-refractivity contribution in [1.29, 1.82) is 0 Å². The van der Waals surface area contributed by atoms with E-state index in [0.29, 0.717) is 38.3 Å². The molecule has 0 aromatic carbocycles. The predicted molar refractivity (Wildman–Crippen MR) is 66.8 cm³/mol. The number of rotatable bonds is 3. The number of hydrogen-bond donors (Lipinski definition) is 1. The van der Waals surface area contributed by atoms with E-state index in [4.69, 9.17) is 0 Å². The first kappa shape index (κ1) is 13.3. The van der Waals surface area contributed by atoms with Crippen molar-refractivity contribution in [1.82, 2.24) is 9.80 Å². The highest BCUT2D eigenvalue weighted by molar-refractivity contribution is 5.78. The Kier molecular flexibility index (Phi) is 4.22. The summed E-state index contributed by atoms with van der Waals surface area (Å²) >= 11 is 0. The molecule has 2 rings (SSSR count). The summed E-state index contributed by atoms with van der Waals surface area (Å²) in [5, 5.41) is 9.41. The molecule has 2 aliphatic rings. The molecule has 2 atom stereocenters. The molecule has 1 N–H and O–H groups in total. The Morgan fingerprint density at radius 3 is 2.39 bits per heavy atom. The lowest BCUT2D eigenvalue weighted by molar-refractivity contribution is -0.132. The average molecular weight is 254 g/mol. The van der Waals surface area contributed by atoms with E-state index in [2.05, 4.69) is 0 Å². The van der Waals surface area contributed by atoms with E-state index in [-0.39, 0.29) is 17.9 Å². The van der Waals surface area contributed by atoms with Crippen LogP contribution in [0.4, 0.5) is 0 Å². The molecule has 2 saturated heterocycles. The molecule has 0 aromatic heterocycles. The molecule has 0 radical (unpaired) electrons. The molecular formula is C13H22N2O3. The van der Waals surface area contributed by atoms with Crippen LogP contribution in [0.2, 0.25) is 0 Å². The largest absolute Gasteiger partial charge is 0.391 e. The summed E-state index contributed by atoms with van der Waals surface area (Å²) in [6.07, 6.45) is 2.32. The standard InChI is InChI=1S/C13H22N2O3/c1-2-12(17)14-5-3-10(8-14)7-13(18)15-6-4-11(16)9-15/h10-11,16H,2-9H2,1H3. The summed E-state index contributed by atoms with van der Waals surface area (Å²) in [6.45, 7) is 4.52. The molecule has 0 saturated carbocycles. The predicted octanol–water partition coefficient (Wildman–Crippen LogP) is 0.228. The van der Waals surface area contributed by atoms with Gasteiger partial charge in [0.05, 0.1) is 6.10 Å². The Morgan fingerprint density at radius 1 is 1.11 bits per heavy atom. The molecule has 2 heterocycles. The van der Waals surface area contributed by atoms with Crippen LogP contribution in [-0.4, -0.2) is 59.0 Å². The van der Waals surface area contributed by atoms with Crippen molar-refractivity contribution < 1.29 is 14.7 Å². The molecule has 2 amide bonds. The van der Waals surface area contributed by atoms with Crippen molar-refractivity contribution in [2.75, 3.05) is 26.2 Å². The molecular weight excluding hydrogens is 232 g/mol. The van der Waals surface area contributed by atoms with Crippen LogP contribution >= 0.6 is 0 Å². The maximum Gasteiger partial charge on any atom is 0.223 e. The van der Waals surface area contributed by atoms with Crippen molar-refractivity contribution in [3.8, 4) is 0 Å². The van der Waals surface area contributed by atoms with Gasteiger partial charge >= 0.3 is 0 Å². The molecule has 5 nitrogen and oxygen atoms in total. The van der Waals surface area contributed by atoms with Crippen molar-refractivity contribution in [3.05, 3.63) is 0 Å². The summed E-state index contributed by atoms with van der Waals surface area (Å²) in [5.41, 5.74) is 0. The van der Waals surface area contributed by atoms with Crippen LogP contribution in [0.15, 0.2) is 0 Å². The second-order valence-electron chi connectivity index (χ2n) is 5.33. The number of hydrogen-bond acceptors (Lipinski definition) is 3. The van der Waals surface area contributed by atoms with Crippen molar-refractivity contribution in [3.63, 3.8) is 0 Å². The summed E-state index contributed by atoms with van der Waals surface area (Å²) in [4.78, 5) is 27.1. The monoisotopic (exact) mass is 254 g/mol. The van der Waals surface area contributed by atoms with E-state index in [0.717, 1.165) is 19.5 Å². The number of carbonyl (C=O) groups is 2. The Morgan fingerprint density at radius 2 is 1.78 bits per heavy atom. The van der Waals surface area contributed by atoms with Crippen LogP contribution in [0.1, 0.15) is 32.6 Å². The third-order valence-corrected chi connectivity index (χ3v) is 3.92. The van der Waals surface area contributed by atoms with Crippen LogP contribution in [0, 0.1) is 5.92 Å². The van der Waals surface area contributed by atoms with Gasteiger partial charge in [-0.1, -0.05) is 6.92 Å². The summed E-state index contributed by atoms with van der Waals surface area (Å²) in [7, 11) is 0. The van der Waals surface area contributed by atoms with Gasteiger partial charge in [-0.2, -0.15) is 0 Å². The summed E-state index contributed by atoms with van der Waals surface area (Å²) in [5.74, 6) is 0.606. The van der Waals surface area contributed by atoms with E-state index in [1.807, 2.05) is 11.8 Å². The lowest BCUT2D eigenvalue weighted by Crippen LogP contribution is -2.32.